The molecule has 6 rings (SSSR count). The number of aromatic amines is 2. The van der Waals surface area contributed by atoms with E-state index in [2.05, 4.69) is 38.8 Å². The van der Waals surface area contributed by atoms with Gasteiger partial charge in [0.05, 0.1) is 19.9 Å². The van der Waals surface area contributed by atoms with Crippen molar-refractivity contribution >= 4 is 11.6 Å². The van der Waals surface area contributed by atoms with Gasteiger partial charge in [-0.15, -0.1) is 0 Å². The molecule has 6 heterocycles. The molecule has 0 aliphatic carbocycles. The number of hydrogen-bond donors (Lipinski definition) is 7. The van der Waals surface area contributed by atoms with Crippen LogP contribution in [0, 0.1) is 41.5 Å². The first-order valence-corrected chi connectivity index (χ1v) is 20.4. The van der Waals surface area contributed by atoms with Crippen LogP contribution in [0.2, 0.25) is 5.15 Å². The van der Waals surface area contributed by atoms with E-state index in [4.69, 9.17) is 51.7 Å². The minimum Gasteiger partial charge on any atom is -0.857 e. The molecule has 0 saturated heterocycles. The number of aromatic nitrogens is 6. The van der Waals surface area contributed by atoms with Crippen LogP contribution in [0.3, 0.4) is 0 Å². The van der Waals surface area contributed by atoms with E-state index < -0.39 is 11.1 Å². The molecule has 0 aliphatic heterocycles. The predicted octanol–water partition coefficient (Wildman–Crippen LogP) is 3.84. The molecule has 0 saturated carbocycles. The van der Waals surface area contributed by atoms with Gasteiger partial charge in [0.1, 0.15) is 5.75 Å². The monoisotopic (exact) mass is 932 g/mol. The van der Waals surface area contributed by atoms with Crippen molar-refractivity contribution in [1.82, 2.24) is 29.5 Å². The SMILES string of the molecule is CCCCOc1ccc(C)n(CCCC)c1=O.COc1nc(C)ccc1O.C[O-].Cc1ccc(O)c(=O)[nH]1.Cc1ccc(O)c(=O)[nH]1.Cc1ccc(O)c(Cl)n1.Cc1ccc(O)cn1.[Na+]. The number of aryl methyl sites for hydroxylation is 6. The Morgan fingerprint density at radius 1 is 0.646 bits per heavy atom. The van der Waals surface area contributed by atoms with E-state index >= 15 is 0 Å². The predicted molar refractivity (Wildman–Crippen MR) is 247 cm³/mol. The number of unbranched alkanes of at least 4 members (excludes halogenated alkanes) is 2. The fourth-order valence-corrected chi connectivity index (χ4v) is 4.66. The molecule has 6 aromatic heterocycles. The smallest absolute Gasteiger partial charge is 0.857 e. The number of ether oxygens (including phenoxy) is 2. The number of rotatable bonds is 8. The molecule has 0 spiro atoms. The third kappa shape index (κ3) is 25.9. The van der Waals surface area contributed by atoms with Gasteiger partial charge in [0.15, 0.2) is 33.9 Å². The van der Waals surface area contributed by atoms with E-state index in [0.717, 1.165) is 73.5 Å². The number of pyridine rings is 6. The summed E-state index contributed by atoms with van der Waals surface area (Å²) >= 11 is 5.45. The van der Waals surface area contributed by atoms with Crippen LogP contribution in [0.4, 0.5) is 0 Å². The summed E-state index contributed by atoms with van der Waals surface area (Å²) in [6.45, 7) is 16.6. The summed E-state index contributed by atoms with van der Waals surface area (Å²) in [5.74, 6) is 0.618. The normalized spacial score (nSPS) is 9.35. The molecule has 0 bridgehead atoms. The van der Waals surface area contributed by atoms with Crippen molar-refractivity contribution in [2.75, 3.05) is 20.8 Å². The Hall–Kier alpha value is -5.85. The third-order valence-corrected chi connectivity index (χ3v) is 8.23. The fraction of sp³-hybridized carbons (Fsp3) is 0.348. The molecule has 350 valence electrons. The molecule has 0 atom stereocenters. The first-order valence-electron chi connectivity index (χ1n) is 20.0. The number of aromatic hydroxyl groups is 5. The standard InChI is InChI=1S/C14H23NO2.C7H9NO2.C6H6ClNO.2C6H7NO2.C6H7NO.CH3O.Na/c1-4-6-10-15-12(3)8-9-13(14(15)16)17-11-7-5-2;1-5-3-4-6(9)7(8-5)10-2;1-4-2-3-5(9)6(7)8-4;2*1-4-2-3-5(8)6(9)7-4;1-5-2-3-6(8)4-7-5;1-2;/h8-9H,4-7,10-11H2,1-3H3;3-4,9H,1-2H3;2-3,9H,1H3;2*2-3,8H,1H3,(H,7,9);2-4,8H,1H3;1H3;/q;;;;;;-1;+1. The van der Waals surface area contributed by atoms with E-state index in [1.54, 1.807) is 62.4 Å². The van der Waals surface area contributed by atoms with E-state index in [0.29, 0.717) is 12.4 Å². The number of halogens is 1. The van der Waals surface area contributed by atoms with E-state index in [1.807, 2.05) is 38.3 Å². The van der Waals surface area contributed by atoms with Crippen molar-refractivity contribution in [3.8, 4) is 40.4 Å². The Morgan fingerprint density at radius 3 is 1.54 bits per heavy atom. The van der Waals surface area contributed by atoms with Crippen LogP contribution in [-0.4, -0.2) is 75.8 Å². The van der Waals surface area contributed by atoms with E-state index in [-0.39, 0.29) is 74.9 Å². The van der Waals surface area contributed by atoms with Gasteiger partial charge in [-0.25, -0.2) is 9.97 Å². The van der Waals surface area contributed by atoms with Crippen molar-refractivity contribution in [2.24, 2.45) is 0 Å². The van der Waals surface area contributed by atoms with Gasteiger partial charge in [0.2, 0.25) is 0 Å². The molecule has 0 aromatic carbocycles. The first-order chi connectivity index (χ1) is 30.3. The minimum atomic E-state index is -0.435. The maximum Gasteiger partial charge on any atom is 1.00 e. The molecule has 0 unspecified atom stereocenters. The van der Waals surface area contributed by atoms with Crippen molar-refractivity contribution < 1.29 is 69.7 Å². The number of methoxy groups -OCH3 is 1. The molecule has 6 aromatic rings. The Kier molecular flexibility index (Phi) is 32.5. The summed E-state index contributed by atoms with van der Waals surface area (Å²) in [6, 6.07) is 19.6. The van der Waals surface area contributed by atoms with E-state index in [9.17, 15) is 14.4 Å². The van der Waals surface area contributed by atoms with Gasteiger partial charge < -0.3 is 54.6 Å². The van der Waals surface area contributed by atoms with Crippen LogP contribution < -0.4 is 60.8 Å². The zero-order chi connectivity index (χ0) is 48.8. The van der Waals surface area contributed by atoms with Crippen molar-refractivity contribution in [3.63, 3.8) is 0 Å². The van der Waals surface area contributed by atoms with Crippen LogP contribution >= 0.6 is 11.6 Å². The zero-order valence-electron chi connectivity index (χ0n) is 39.1. The molecule has 0 amide bonds. The molecule has 65 heavy (non-hydrogen) atoms. The first kappa shape index (κ1) is 61.2. The molecular formula is C46H62ClN6NaO11. The average Bonchev–Trinajstić information content (AvgIpc) is 3.27. The van der Waals surface area contributed by atoms with Gasteiger partial charge >= 0.3 is 29.6 Å². The van der Waals surface area contributed by atoms with Gasteiger partial charge in [-0.3, -0.25) is 19.4 Å². The second-order valence-electron chi connectivity index (χ2n) is 13.5. The Labute approximate surface area is 406 Å². The Balaban J connectivity index is 0. The van der Waals surface area contributed by atoms with Gasteiger partial charge in [0.25, 0.3) is 22.6 Å². The van der Waals surface area contributed by atoms with Crippen LogP contribution in [0.1, 0.15) is 73.7 Å². The van der Waals surface area contributed by atoms with Crippen molar-refractivity contribution in [2.45, 2.75) is 87.6 Å². The van der Waals surface area contributed by atoms with Crippen LogP contribution in [0.5, 0.6) is 40.4 Å². The van der Waals surface area contributed by atoms with Gasteiger partial charge in [0, 0.05) is 40.7 Å². The maximum absolute atomic E-state index is 12.1. The molecule has 0 fully saturated rings. The summed E-state index contributed by atoms with van der Waals surface area (Å²) in [5, 5.41) is 52.4. The Bertz CT molecular complexity index is 2350. The van der Waals surface area contributed by atoms with Gasteiger partial charge in [-0.1, -0.05) is 38.3 Å². The van der Waals surface area contributed by atoms with Gasteiger partial charge in [-0.2, -0.15) is 7.11 Å². The summed E-state index contributed by atoms with van der Waals surface area (Å²) < 4.78 is 12.1. The number of nitrogens with one attached hydrogen (secondary N) is 2. The van der Waals surface area contributed by atoms with Crippen LogP contribution in [0.15, 0.2) is 93.4 Å². The third-order valence-electron chi connectivity index (χ3n) is 7.95. The maximum atomic E-state index is 12.1. The largest absolute Gasteiger partial charge is 1.00 e. The average molecular weight is 933 g/mol. The summed E-state index contributed by atoms with van der Waals surface area (Å²) in [7, 11) is 2.22. The fourth-order valence-electron chi connectivity index (χ4n) is 4.46. The molecule has 7 N–H and O–H groups in total. The summed E-state index contributed by atoms with van der Waals surface area (Å²) in [4.78, 5) is 49.6. The topological polar surface area (TPSA) is 269 Å². The molecular weight excluding hydrogens is 871 g/mol. The molecule has 0 aliphatic rings. The number of hydrogen-bond acceptors (Lipinski definition) is 14. The van der Waals surface area contributed by atoms with Gasteiger partial charge in [-0.05, 0) is 127 Å². The minimum absolute atomic E-state index is 0. The number of H-pyrrole nitrogens is 2. The second kappa shape index (κ2) is 34.5. The van der Waals surface area contributed by atoms with Crippen LogP contribution in [-0.2, 0) is 6.54 Å². The molecule has 0 radical (unpaired) electrons. The summed E-state index contributed by atoms with van der Waals surface area (Å²) in [5.41, 5.74) is 4.19. The Morgan fingerprint density at radius 2 is 1.14 bits per heavy atom. The van der Waals surface area contributed by atoms with Crippen molar-refractivity contribution in [3.05, 3.63) is 149 Å². The van der Waals surface area contributed by atoms with E-state index in [1.165, 1.54) is 31.5 Å². The van der Waals surface area contributed by atoms with Crippen molar-refractivity contribution in [1.29, 1.82) is 0 Å². The summed E-state index contributed by atoms with van der Waals surface area (Å²) in [6.07, 6.45) is 5.61. The van der Waals surface area contributed by atoms with Crippen LogP contribution in [0.25, 0.3) is 0 Å². The second-order valence-corrected chi connectivity index (χ2v) is 13.8. The zero-order valence-corrected chi connectivity index (χ0v) is 41.9. The number of nitrogens with zero attached hydrogens (tertiary/aromatic N) is 4. The molecule has 17 nitrogen and oxygen atoms in total. The molecule has 19 heteroatoms. The quantitative estimate of drug-likeness (QED) is 0.0650.